The average molecular weight is 475 g/mol. The van der Waals surface area contributed by atoms with Crippen molar-refractivity contribution in [2.45, 2.75) is 64.2 Å². The van der Waals surface area contributed by atoms with E-state index in [4.69, 9.17) is 9.47 Å². The molecule has 1 saturated carbocycles. The zero-order chi connectivity index (χ0) is 24.6. The SMILES string of the molecule is CCCCCC1CCC(c2ccc(-c3ccc(C(=O)Oc4ccc(OC)cc4)cc3)c(F)c2)CC1. The van der Waals surface area contributed by atoms with E-state index < -0.39 is 5.97 Å². The lowest BCUT2D eigenvalue weighted by atomic mass is 9.77. The number of rotatable bonds is 9. The molecule has 0 amide bonds. The van der Waals surface area contributed by atoms with Crippen molar-refractivity contribution in [3.8, 4) is 22.6 Å². The predicted molar refractivity (Wildman–Crippen MR) is 139 cm³/mol. The van der Waals surface area contributed by atoms with Crippen molar-refractivity contribution in [3.63, 3.8) is 0 Å². The first kappa shape index (κ1) is 25.0. The van der Waals surface area contributed by atoms with Crippen molar-refractivity contribution >= 4 is 5.97 Å². The molecule has 0 spiro atoms. The fourth-order valence-corrected chi connectivity index (χ4v) is 5.08. The Morgan fingerprint density at radius 3 is 2.20 bits per heavy atom. The third-order valence-corrected chi connectivity index (χ3v) is 7.23. The van der Waals surface area contributed by atoms with E-state index in [0.29, 0.717) is 28.5 Å². The number of carbonyl (C=O) groups excluding carboxylic acids is 1. The molecule has 0 radical (unpaired) electrons. The Labute approximate surface area is 208 Å². The van der Waals surface area contributed by atoms with Crippen LogP contribution in [-0.4, -0.2) is 13.1 Å². The highest BCUT2D eigenvalue weighted by molar-refractivity contribution is 5.91. The van der Waals surface area contributed by atoms with Crippen LogP contribution in [0.3, 0.4) is 0 Å². The van der Waals surface area contributed by atoms with E-state index in [1.807, 2.05) is 6.07 Å². The molecule has 0 aliphatic heterocycles. The van der Waals surface area contributed by atoms with Gasteiger partial charge in [0.25, 0.3) is 0 Å². The standard InChI is InChI=1S/C31H35FO3/c1-3-4-5-6-22-7-9-23(10-8-22)26-15-20-29(30(32)21-26)24-11-13-25(14-12-24)31(33)35-28-18-16-27(34-2)17-19-28/h11-23H,3-10H2,1-2H3. The summed E-state index contributed by atoms with van der Waals surface area (Å²) >= 11 is 0. The summed E-state index contributed by atoms with van der Waals surface area (Å²) in [6.07, 6.45) is 10.1. The maximum absolute atomic E-state index is 15.1. The first-order valence-electron chi connectivity index (χ1n) is 12.8. The second-order valence-corrected chi connectivity index (χ2v) is 9.60. The van der Waals surface area contributed by atoms with Crippen LogP contribution < -0.4 is 9.47 Å². The molecule has 0 atom stereocenters. The van der Waals surface area contributed by atoms with Crippen molar-refractivity contribution in [2.24, 2.45) is 5.92 Å². The van der Waals surface area contributed by atoms with Crippen LogP contribution in [0.5, 0.6) is 11.5 Å². The quantitative estimate of drug-likeness (QED) is 0.177. The van der Waals surface area contributed by atoms with E-state index in [9.17, 15) is 4.79 Å². The Bertz CT molecular complexity index is 1100. The van der Waals surface area contributed by atoms with Crippen molar-refractivity contribution in [1.82, 2.24) is 0 Å². The number of unbranched alkanes of at least 4 members (excludes halogenated alkanes) is 2. The van der Waals surface area contributed by atoms with E-state index in [1.165, 1.54) is 38.5 Å². The molecule has 184 valence electrons. The molecule has 35 heavy (non-hydrogen) atoms. The third kappa shape index (κ3) is 6.50. The lowest BCUT2D eigenvalue weighted by Crippen LogP contribution is -2.13. The molecule has 0 unspecified atom stereocenters. The number of hydrogen-bond acceptors (Lipinski definition) is 3. The number of halogens is 1. The molecule has 1 aliphatic carbocycles. The van der Waals surface area contributed by atoms with Gasteiger partial charge in [0.05, 0.1) is 12.7 Å². The van der Waals surface area contributed by atoms with E-state index in [2.05, 4.69) is 13.0 Å². The summed E-state index contributed by atoms with van der Waals surface area (Å²) in [5, 5.41) is 0. The first-order valence-corrected chi connectivity index (χ1v) is 12.8. The Balaban J connectivity index is 1.36. The minimum Gasteiger partial charge on any atom is -0.497 e. The Kier molecular flexibility index (Phi) is 8.57. The Morgan fingerprint density at radius 2 is 1.57 bits per heavy atom. The van der Waals surface area contributed by atoms with Crippen LogP contribution in [0.25, 0.3) is 11.1 Å². The zero-order valence-electron chi connectivity index (χ0n) is 20.8. The minimum absolute atomic E-state index is 0.207. The molecule has 4 rings (SSSR count). The molecule has 4 heteroatoms. The lowest BCUT2D eigenvalue weighted by Gasteiger charge is -2.29. The summed E-state index contributed by atoms with van der Waals surface area (Å²) < 4.78 is 25.6. The van der Waals surface area contributed by atoms with Crippen LogP contribution in [0.15, 0.2) is 66.7 Å². The van der Waals surface area contributed by atoms with Crippen LogP contribution >= 0.6 is 0 Å². The smallest absolute Gasteiger partial charge is 0.343 e. The number of carbonyl (C=O) groups is 1. The molecular formula is C31H35FO3. The monoisotopic (exact) mass is 474 g/mol. The van der Waals surface area contributed by atoms with Crippen molar-refractivity contribution < 1.29 is 18.7 Å². The molecule has 1 fully saturated rings. The second-order valence-electron chi connectivity index (χ2n) is 9.60. The van der Waals surface area contributed by atoms with Crippen LogP contribution in [0.1, 0.15) is 80.1 Å². The highest BCUT2D eigenvalue weighted by atomic mass is 19.1. The second kappa shape index (κ2) is 12.0. The summed E-state index contributed by atoms with van der Waals surface area (Å²) in [5.74, 6) is 1.77. The highest BCUT2D eigenvalue weighted by Crippen LogP contribution is 2.39. The molecule has 0 N–H and O–H groups in total. The molecule has 0 saturated heterocycles. The highest BCUT2D eigenvalue weighted by Gasteiger charge is 2.23. The Morgan fingerprint density at radius 1 is 0.886 bits per heavy atom. The normalized spacial score (nSPS) is 17.7. The topological polar surface area (TPSA) is 35.5 Å². The van der Waals surface area contributed by atoms with Gasteiger partial charge in [-0.25, -0.2) is 9.18 Å². The van der Waals surface area contributed by atoms with Crippen LogP contribution in [0.4, 0.5) is 4.39 Å². The zero-order valence-corrected chi connectivity index (χ0v) is 20.8. The molecule has 3 nitrogen and oxygen atoms in total. The lowest BCUT2D eigenvalue weighted by molar-refractivity contribution is 0.0734. The number of methoxy groups -OCH3 is 1. The largest absolute Gasteiger partial charge is 0.497 e. The van der Waals surface area contributed by atoms with Gasteiger partial charge in [-0.15, -0.1) is 0 Å². The van der Waals surface area contributed by atoms with E-state index in [-0.39, 0.29) is 5.82 Å². The van der Waals surface area contributed by atoms with Gasteiger partial charge in [0.1, 0.15) is 17.3 Å². The van der Waals surface area contributed by atoms with Gasteiger partial charge in [-0.05, 0) is 91.1 Å². The van der Waals surface area contributed by atoms with Gasteiger partial charge >= 0.3 is 5.97 Å². The van der Waals surface area contributed by atoms with E-state index in [0.717, 1.165) is 29.9 Å². The molecule has 0 aromatic heterocycles. The number of ether oxygens (including phenoxy) is 2. The molecule has 0 heterocycles. The van der Waals surface area contributed by atoms with Gasteiger partial charge in [0, 0.05) is 5.56 Å². The minimum atomic E-state index is -0.456. The van der Waals surface area contributed by atoms with Crippen LogP contribution in [0, 0.1) is 11.7 Å². The molecule has 3 aromatic rings. The maximum atomic E-state index is 15.1. The number of hydrogen-bond donors (Lipinski definition) is 0. The predicted octanol–water partition coefficient (Wildman–Crippen LogP) is 8.57. The summed E-state index contributed by atoms with van der Waals surface area (Å²) in [4.78, 5) is 12.5. The average Bonchev–Trinajstić information content (AvgIpc) is 2.90. The maximum Gasteiger partial charge on any atom is 0.343 e. The van der Waals surface area contributed by atoms with Gasteiger partial charge in [0.15, 0.2) is 0 Å². The summed E-state index contributed by atoms with van der Waals surface area (Å²) in [7, 11) is 1.58. The van der Waals surface area contributed by atoms with E-state index in [1.54, 1.807) is 61.7 Å². The van der Waals surface area contributed by atoms with Crippen molar-refractivity contribution in [3.05, 3.63) is 83.7 Å². The molecule has 0 bridgehead atoms. The number of esters is 1. The van der Waals surface area contributed by atoms with Crippen molar-refractivity contribution in [1.29, 1.82) is 0 Å². The third-order valence-electron chi connectivity index (χ3n) is 7.23. The van der Waals surface area contributed by atoms with Gasteiger partial charge in [-0.1, -0.05) is 56.9 Å². The van der Waals surface area contributed by atoms with Crippen molar-refractivity contribution in [2.75, 3.05) is 7.11 Å². The number of benzene rings is 3. The van der Waals surface area contributed by atoms with Crippen LogP contribution in [-0.2, 0) is 0 Å². The van der Waals surface area contributed by atoms with Crippen LogP contribution in [0.2, 0.25) is 0 Å². The fourth-order valence-electron chi connectivity index (χ4n) is 5.08. The molecule has 3 aromatic carbocycles. The molecule has 1 aliphatic rings. The fraction of sp³-hybridized carbons (Fsp3) is 0.387. The van der Waals surface area contributed by atoms with Gasteiger partial charge < -0.3 is 9.47 Å². The summed E-state index contributed by atoms with van der Waals surface area (Å²) in [5.41, 5.74) is 2.82. The van der Waals surface area contributed by atoms with Gasteiger partial charge in [-0.2, -0.15) is 0 Å². The Hall–Kier alpha value is -3.14. The van der Waals surface area contributed by atoms with Gasteiger partial charge in [-0.3, -0.25) is 0 Å². The van der Waals surface area contributed by atoms with E-state index >= 15 is 4.39 Å². The summed E-state index contributed by atoms with van der Waals surface area (Å²) in [6.45, 7) is 2.25. The summed E-state index contributed by atoms with van der Waals surface area (Å²) in [6, 6.07) is 19.4. The van der Waals surface area contributed by atoms with Gasteiger partial charge in [0.2, 0.25) is 0 Å². The molecular weight excluding hydrogens is 439 g/mol. The first-order chi connectivity index (χ1) is 17.1.